The Labute approximate surface area is 203 Å². The highest BCUT2D eigenvalue weighted by Gasteiger charge is 2.26. The average Bonchev–Trinajstić information content (AvgIpc) is 3.16. The number of sulfonamides is 1. The predicted octanol–water partition coefficient (Wildman–Crippen LogP) is 4.79. The SMILES string of the molecule is CCn1c(S[C@H](C(=O)Nc2cc(C)ccc2C)c2ccccc2)nc2cc(S(N)(=O)=O)ccc21. The molecule has 0 saturated carbocycles. The first kappa shape index (κ1) is 24.0. The van der Waals surface area contributed by atoms with Gasteiger partial charge in [-0.05, 0) is 61.7 Å². The predicted molar refractivity (Wildman–Crippen MR) is 136 cm³/mol. The topological polar surface area (TPSA) is 107 Å². The molecule has 0 fully saturated rings. The summed E-state index contributed by atoms with van der Waals surface area (Å²) in [5.74, 6) is -0.162. The van der Waals surface area contributed by atoms with Gasteiger partial charge in [0.05, 0.1) is 15.9 Å². The van der Waals surface area contributed by atoms with Gasteiger partial charge in [0.15, 0.2) is 5.16 Å². The lowest BCUT2D eigenvalue weighted by molar-refractivity contribution is -0.115. The van der Waals surface area contributed by atoms with Gasteiger partial charge in [-0.2, -0.15) is 0 Å². The minimum atomic E-state index is -3.85. The summed E-state index contributed by atoms with van der Waals surface area (Å²) in [5.41, 5.74) is 4.94. The van der Waals surface area contributed by atoms with Gasteiger partial charge < -0.3 is 9.88 Å². The maximum atomic E-state index is 13.5. The van der Waals surface area contributed by atoms with E-state index in [-0.39, 0.29) is 10.8 Å². The standard InChI is InChI=1S/C25H26N4O3S2/c1-4-29-22-13-12-19(34(26,31)32)15-21(22)28-25(29)33-23(18-8-6-5-7-9-18)24(30)27-20-14-16(2)10-11-17(20)3/h5-15,23H,4H2,1-3H3,(H,27,30)(H2,26,31,32)/t23-/m0/s1. The molecule has 9 heteroatoms. The lowest BCUT2D eigenvalue weighted by Gasteiger charge is -2.18. The van der Waals surface area contributed by atoms with E-state index < -0.39 is 15.3 Å². The van der Waals surface area contributed by atoms with Crippen molar-refractivity contribution in [3.63, 3.8) is 0 Å². The van der Waals surface area contributed by atoms with Crippen molar-refractivity contribution in [3.8, 4) is 0 Å². The van der Waals surface area contributed by atoms with E-state index in [1.54, 1.807) is 6.07 Å². The number of hydrogen-bond donors (Lipinski definition) is 2. The number of rotatable bonds is 7. The van der Waals surface area contributed by atoms with Gasteiger partial charge in [0.2, 0.25) is 15.9 Å². The second-order valence-corrected chi connectivity index (χ2v) is 10.7. The monoisotopic (exact) mass is 494 g/mol. The smallest absolute Gasteiger partial charge is 0.242 e. The van der Waals surface area contributed by atoms with E-state index in [1.807, 2.05) is 73.9 Å². The summed E-state index contributed by atoms with van der Waals surface area (Å²) in [7, 11) is -3.85. The Morgan fingerprint density at radius 1 is 1.09 bits per heavy atom. The van der Waals surface area contributed by atoms with Crippen molar-refractivity contribution in [1.82, 2.24) is 9.55 Å². The van der Waals surface area contributed by atoms with Gasteiger partial charge in [-0.15, -0.1) is 0 Å². The van der Waals surface area contributed by atoms with Crippen LogP contribution in [0.5, 0.6) is 0 Å². The number of amides is 1. The zero-order valence-corrected chi connectivity index (χ0v) is 20.8. The van der Waals surface area contributed by atoms with E-state index in [1.165, 1.54) is 23.9 Å². The molecule has 0 aliphatic heterocycles. The molecule has 3 N–H and O–H groups in total. The Morgan fingerprint density at radius 3 is 2.50 bits per heavy atom. The summed E-state index contributed by atoms with van der Waals surface area (Å²) in [4.78, 5) is 18.2. The molecule has 0 aliphatic rings. The first-order valence-corrected chi connectivity index (χ1v) is 13.2. The zero-order valence-electron chi connectivity index (χ0n) is 19.1. The molecule has 0 spiro atoms. The number of aryl methyl sites for hydroxylation is 3. The summed E-state index contributed by atoms with van der Waals surface area (Å²) >= 11 is 1.33. The number of hydrogen-bond acceptors (Lipinski definition) is 5. The summed E-state index contributed by atoms with van der Waals surface area (Å²) in [6, 6.07) is 20.1. The zero-order chi connectivity index (χ0) is 24.5. The Hall–Kier alpha value is -3.14. The molecule has 1 heterocycles. The molecular weight excluding hydrogens is 468 g/mol. The van der Waals surface area contributed by atoms with Gasteiger partial charge in [-0.1, -0.05) is 54.2 Å². The summed E-state index contributed by atoms with van der Waals surface area (Å²) in [6.07, 6.45) is 0. The molecule has 7 nitrogen and oxygen atoms in total. The third-order valence-corrected chi connectivity index (χ3v) is 7.70. The Morgan fingerprint density at radius 2 is 1.82 bits per heavy atom. The normalized spacial score (nSPS) is 12.6. The van der Waals surface area contributed by atoms with Crippen molar-refractivity contribution >= 4 is 44.4 Å². The number of nitrogens with one attached hydrogen (secondary N) is 1. The van der Waals surface area contributed by atoms with Gasteiger partial charge in [-0.25, -0.2) is 18.5 Å². The van der Waals surface area contributed by atoms with Gasteiger partial charge >= 0.3 is 0 Å². The van der Waals surface area contributed by atoms with Crippen LogP contribution in [0.15, 0.2) is 76.8 Å². The molecule has 176 valence electrons. The molecule has 0 aliphatic carbocycles. The molecule has 34 heavy (non-hydrogen) atoms. The van der Waals surface area contributed by atoms with Crippen LogP contribution in [0.25, 0.3) is 11.0 Å². The largest absolute Gasteiger partial charge is 0.325 e. The first-order chi connectivity index (χ1) is 16.2. The van der Waals surface area contributed by atoms with E-state index in [4.69, 9.17) is 5.14 Å². The number of carbonyl (C=O) groups is 1. The second kappa shape index (κ2) is 9.61. The van der Waals surface area contributed by atoms with E-state index in [0.717, 1.165) is 27.9 Å². The second-order valence-electron chi connectivity index (χ2n) is 8.05. The lowest BCUT2D eigenvalue weighted by Crippen LogP contribution is -2.20. The van der Waals surface area contributed by atoms with Crippen LogP contribution in [-0.2, 0) is 21.4 Å². The van der Waals surface area contributed by atoms with Crippen LogP contribution in [0.1, 0.15) is 28.9 Å². The van der Waals surface area contributed by atoms with Gasteiger partial charge in [0.25, 0.3) is 0 Å². The Kier molecular flexibility index (Phi) is 6.79. The molecule has 1 aromatic heterocycles. The number of carbonyl (C=O) groups excluding carboxylic acids is 1. The van der Waals surface area contributed by atoms with E-state index in [0.29, 0.717) is 17.2 Å². The number of benzene rings is 3. The van der Waals surface area contributed by atoms with Gasteiger partial charge in [-0.3, -0.25) is 4.79 Å². The number of thioether (sulfide) groups is 1. The highest BCUT2D eigenvalue weighted by atomic mass is 32.2. The molecule has 4 rings (SSSR count). The summed E-state index contributed by atoms with van der Waals surface area (Å²) in [6.45, 7) is 6.53. The third-order valence-electron chi connectivity index (χ3n) is 5.54. The van der Waals surface area contributed by atoms with Crippen molar-refractivity contribution in [3.05, 3.63) is 83.4 Å². The molecule has 0 unspecified atom stereocenters. The molecule has 3 aromatic carbocycles. The third kappa shape index (κ3) is 5.01. The van der Waals surface area contributed by atoms with Crippen LogP contribution in [0.2, 0.25) is 0 Å². The van der Waals surface area contributed by atoms with Crippen molar-refractivity contribution in [2.75, 3.05) is 5.32 Å². The highest BCUT2D eigenvalue weighted by molar-refractivity contribution is 8.00. The van der Waals surface area contributed by atoms with E-state index in [9.17, 15) is 13.2 Å². The Balaban J connectivity index is 1.74. The maximum Gasteiger partial charge on any atom is 0.242 e. The average molecular weight is 495 g/mol. The van der Waals surface area contributed by atoms with Crippen molar-refractivity contribution < 1.29 is 13.2 Å². The number of primary sulfonamides is 1. The van der Waals surface area contributed by atoms with Crippen LogP contribution < -0.4 is 10.5 Å². The Bertz CT molecular complexity index is 1460. The number of anilines is 1. The lowest BCUT2D eigenvalue weighted by atomic mass is 10.1. The van der Waals surface area contributed by atoms with Crippen molar-refractivity contribution in [2.45, 2.75) is 42.6 Å². The maximum absolute atomic E-state index is 13.5. The van der Waals surface area contributed by atoms with Crippen LogP contribution in [0, 0.1) is 13.8 Å². The summed E-state index contributed by atoms with van der Waals surface area (Å²) in [5, 5.41) is 8.43. The number of fused-ring (bicyclic) bond motifs is 1. The molecular formula is C25H26N4O3S2. The number of aromatic nitrogens is 2. The van der Waals surface area contributed by atoms with E-state index in [2.05, 4.69) is 10.3 Å². The number of nitrogens with two attached hydrogens (primary N) is 1. The van der Waals surface area contributed by atoms with Crippen molar-refractivity contribution in [1.29, 1.82) is 0 Å². The molecule has 4 aromatic rings. The molecule has 1 amide bonds. The number of imidazole rings is 1. The fraction of sp³-hybridized carbons (Fsp3) is 0.200. The first-order valence-electron chi connectivity index (χ1n) is 10.8. The highest BCUT2D eigenvalue weighted by Crippen LogP contribution is 2.38. The molecule has 0 saturated heterocycles. The van der Waals surface area contributed by atoms with Crippen LogP contribution >= 0.6 is 11.8 Å². The van der Waals surface area contributed by atoms with Crippen molar-refractivity contribution in [2.24, 2.45) is 5.14 Å². The fourth-order valence-electron chi connectivity index (χ4n) is 3.74. The quantitative estimate of drug-likeness (QED) is 0.359. The minimum absolute atomic E-state index is 0.00424. The van der Waals surface area contributed by atoms with Crippen LogP contribution in [-0.4, -0.2) is 23.9 Å². The van der Waals surface area contributed by atoms with Gasteiger partial charge in [0.1, 0.15) is 5.25 Å². The van der Waals surface area contributed by atoms with Crippen LogP contribution in [0.4, 0.5) is 5.69 Å². The molecule has 0 radical (unpaired) electrons. The minimum Gasteiger partial charge on any atom is -0.325 e. The van der Waals surface area contributed by atoms with Crippen LogP contribution in [0.3, 0.4) is 0 Å². The fourth-order valence-corrected chi connectivity index (χ4v) is 5.44. The van der Waals surface area contributed by atoms with E-state index >= 15 is 0 Å². The molecule has 0 bridgehead atoms. The number of nitrogens with zero attached hydrogens (tertiary/aromatic N) is 2. The molecule has 1 atom stereocenters. The summed E-state index contributed by atoms with van der Waals surface area (Å²) < 4.78 is 25.6. The van der Waals surface area contributed by atoms with Gasteiger partial charge in [0, 0.05) is 12.2 Å².